The van der Waals surface area contributed by atoms with Gasteiger partial charge in [-0.05, 0) is 23.1 Å². The molecule has 0 fully saturated rings. The summed E-state index contributed by atoms with van der Waals surface area (Å²) in [6.07, 6.45) is 0. The second-order valence-corrected chi connectivity index (χ2v) is 4.47. The first-order valence-electron chi connectivity index (χ1n) is 4.78. The Morgan fingerprint density at radius 2 is 1.93 bits per heavy atom. The Kier molecular flexibility index (Phi) is 3.03. The third-order valence-electron chi connectivity index (χ3n) is 2.27. The lowest BCUT2D eigenvalue weighted by molar-refractivity contribution is 0.0597. The Morgan fingerprint density at radius 1 is 1.33 bits per heavy atom. The number of hydrogen-bond acceptors (Lipinski definition) is 3. The number of hydrogen-bond donors (Lipinski definition) is 1. The van der Waals surface area contributed by atoms with Gasteiger partial charge in [0.15, 0.2) is 0 Å². The van der Waals surface area contributed by atoms with E-state index in [0.29, 0.717) is 0 Å². The van der Waals surface area contributed by atoms with Gasteiger partial charge < -0.3 is 9.84 Å². The second-order valence-electron chi connectivity index (χ2n) is 4.47. The van der Waals surface area contributed by atoms with Crippen LogP contribution in [0, 0.1) is 0 Å². The van der Waals surface area contributed by atoms with Gasteiger partial charge in [0.25, 0.3) is 0 Å². The molecule has 1 aromatic rings. The molecular weight excluding hydrogens is 192 g/mol. The maximum atomic E-state index is 11.3. The van der Waals surface area contributed by atoms with Crippen molar-refractivity contribution in [1.29, 1.82) is 0 Å². The first-order valence-corrected chi connectivity index (χ1v) is 4.78. The molecular formula is C12H16O3. The van der Waals surface area contributed by atoms with Crippen LogP contribution in [0.1, 0.15) is 36.7 Å². The molecule has 0 aromatic heterocycles. The van der Waals surface area contributed by atoms with E-state index in [2.05, 4.69) is 4.74 Å². The minimum Gasteiger partial charge on any atom is -0.507 e. The summed E-state index contributed by atoms with van der Waals surface area (Å²) in [6.45, 7) is 6.13. The zero-order chi connectivity index (χ0) is 11.6. The van der Waals surface area contributed by atoms with Crippen LogP contribution in [-0.2, 0) is 10.2 Å². The van der Waals surface area contributed by atoms with Gasteiger partial charge in [-0.3, -0.25) is 0 Å². The average Bonchev–Trinajstić information content (AvgIpc) is 2.15. The molecule has 1 N–H and O–H groups in total. The van der Waals surface area contributed by atoms with Crippen molar-refractivity contribution in [3.8, 4) is 5.75 Å². The van der Waals surface area contributed by atoms with Crippen LogP contribution in [0.15, 0.2) is 18.2 Å². The molecule has 0 atom stereocenters. The van der Waals surface area contributed by atoms with Crippen LogP contribution in [0.4, 0.5) is 0 Å². The summed E-state index contributed by atoms with van der Waals surface area (Å²) in [5, 5.41) is 9.50. The molecule has 1 aromatic carbocycles. The molecule has 0 bridgehead atoms. The van der Waals surface area contributed by atoms with Crippen molar-refractivity contribution in [3.05, 3.63) is 29.3 Å². The number of phenols is 1. The quantitative estimate of drug-likeness (QED) is 0.721. The highest BCUT2D eigenvalue weighted by Crippen LogP contribution is 2.27. The lowest BCUT2D eigenvalue weighted by Gasteiger charge is -2.19. The van der Waals surface area contributed by atoms with E-state index in [1.165, 1.54) is 13.2 Å². The van der Waals surface area contributed by atoms with Gasteiger partial charge in [-0.1, -0.05) is 26.8 Å². The predicted molar refractivity (Wildman–Crippen MR) is 58.1 cm³/mol. The molecule has 0 amide bonds. The third-order valence-corrected chi connectivity index (χ3v) is 2.27. The molecule has 3 nitrogen and oxygen atoms in total. The Bertz CT molecular complexity index is 375. The van der Waals surface area contributed by atoms with E-state index >= 15 is 0 Å². The fraction of sp³-hybridized carbons (Fsp3) is 0.417. The summed E-state index contributed by atoms with van der Waals surface area (Å²) in [5.74, 6) is -0.562. The average molecular weight is 208 g/mol. The van der Waals surface area contributed by atoms with Gasteiger partial charge >= 0.3 is 5.97 Å². The molecule has 0 unspecified atom stereocenters. The van der Waals surface area contributed by atoms with Gasteiger partial charge in [-0.25, -0.2) is 4.79 Å². The first-order chi connectivity index (χ1) is 6.86. The summed E-state index contributed by atoms with van der Waals surface area (Å²) in [6, 6.07) is 5.00. The third kappa shape index (κ3) is 2.49. The monoisotopic (exact) mass is 208 g/mol. The lowest BCUT2D eigenvalue weighted by Crippen LogP contribution is -2.12. The van der Waals surface area contributed by atoms with Gasteiger partial charge in [0.1, 0.15) is 11.3 Å². The SMILES string of the molecule is COC(=O)c1cc(C(C)(C)C)ccc1O. The van der Waals surface area contributed by atoms with Gasteiger partial charge in [-0.2, -0.15) is 0 Å². The second kappa shape index (κ2) is 3.93. The fourth-order valence-corrected chi connectivity index (χ4v) is 1.28. The first kappa shape index (κ1) is 11.6. The number of methoxy groups -OCH3 is 1. The Hall–Kier alpha value is -1.51. The Labute approximate surface area is 89.7 Å². The molecule has 1 rings (SSSR count). The molecule has 0 aliphatic heterocycles. The van der Waals surface area contributed by atoms with E-state index in [1.54, 1.807) is 6.07 Å². The molecule has 15 heavy (non-hydrogen) atoms. The molecule has 0 aliphatic rings. The highest BCUT2D eigenvalue weighted by atomic mass is 16.5. The molecule has 0 spiro atoms. The van der Waals surface area contributed by atoms with Gasteiger partial charge in [0.2, 0.25) is 0 Å². The molecule has 0 saturated carbocycles. The van der Waals surface area contributed by atoms with Crippen LogP contribution in [0.3, 0.4) is 0 Å². The lowest BCUT2D eigenvalue weighted by atomic mass is 9.86. The van der Waals surface area contributed by atoms with Crippen molar-refractivity contribution < 1.29 is 14.6 Å². The van der Waals surface area contributed by atoms with Crippen molar-refractivity contribution >= 4 is 5.97 Å². The number of rotatable bonds is 1. The minimum atomic E-state index is -0.515. The predicted octanol–water partition coefficient (Wildman–Crippen LogP) is 2.48. The summed E-state index contributed by atoms with van der Waals surface area (Å²) >= 11 is 0. The number of ether oxygens (including phenoxy) is 1. The summed E-state index contributed by atoms with van der Waals surface area (Å²) in [5.41, 5.74) is 1.14. The van der Waals surface area contributed by atoms with Crippen molar-refractivity contribution in [2.45, 2.75) is 26.2 Å². The van der Waals surface area contributed by atoms with Gasteiger partial charge in [-0.15, -0.1) is 0 Å². The number of esters is 1. The minimum absolute atomic E-state index is 0.0464. The van der Waals surface area contributed by atoms with Crippen molar-refractivity contribution in [2.24, 2.45) is 0 Å². The van der Waals surface area contributed by atoms with Crippen molar-refractivity contribution in [3.63, 3.8) is 0 Å². The van der Waals surface area contributed by atoms with E-state index in [1.807, 2.05) is 26.8 Å². The molecule has 0 aliphatic carbocycles. The zero-order valence-electron chi connectivity index (χ0n) is 9.50. The normalized spacial score (nSPS) is 11.2. The number of carbonyl (C=O) groups is 1. The topological polar surface area (TPSA) is 46.5 Å². The summed E-state index contributed by atoms with van der Waals surface area (Å²) in [7, 11) is 1.30. The van der Waals surface area contributed by atoms with E-state index in [9.17, 15) is 9.90 Å². The van der Waals surface area contributed by atoms with Crippen molar-refractivity contribution in [2.75, 3.05) is 7.11 Å². The van der Waals surface area contributed by atoms with Crippen molar-refractivity contribution in [1.82, 2.24) is 0 Å². The van der Waals surface area contributed by atoms with Crippen LogP contribution < -0.4 is 0 Å². The van der Waals surface area contributed by atoms with E-state index in [-0.39, 0.29) is 16.7 Å². The fourth-order valence-electron chi connectivity index (χ4n) is 1.28. The molecule has 0 heterocycles. The molecule has 82 valence electrons. The molecule has 0 saturated heterocycles. The van der Waals surface area contributed by atoms with Crippen LogP contribution in [0.5, 0.6) is 5.75 Å². The van der Waals surface area contributed by atoms with Crippen LogP contribution in [0.2, 0.25) is 0 Å². The summed E-state index contributed by atoms with van der Waals surface area (Å²) < 4.78 is 4.59. The van der Waals surface area contributed by atoms with E-state index < -0.39 is 5.97 Å². The zero-order valence-corrected chi connectivity index (χ0v) is 9.50. The summed E-state index contributed by atoms with van der Waals surface area (Å²) in [4.78, 5) is 11.3. The molecule has 0 radical (unpaired) electrons. The Balaban J connectivity index is 3.23. The highest BCUT2D eigenvalue weighted by molar-refractivity contribution is 5.92. The smallest absolute Gasteiger partial charge is 0.341 e. The maximum Gasteiger partial charge on any atom is 0.341 e. The van der Waals surface area contributed by atoms with Crippen LogP contribution >= 0.6 is 0 Å². The molecule has 3 heteroatoms. The van der Waals surface area contributed by atoms with E-state index in [4.69, 9.17) is 0 Å². The number of carbonyl (C=O) groups excluding carboxylic acids is 1. The van der Waals surface area contributed by atoms with Crippen LogP contribution in [-0.4, -0.2) is 18.2 Å². The number of aromatic hydroxyl groups is 1. The van der Waals surface area contributed by atoms with Gasteiger partial charge in [0.05, 0.1) is 7.11 Å². The van der Waals surface area contributed by atoms with E-state index in [0.717, 1.165) is 5.56 Å². The Morgan fingerprint density at radius 3 is 2.40 bits per heavy atom. The number of benzene rings is 1. The van der Waals surface area contributed by atoms with Crippen LogP contribution in [0.25, 0.3) is 0 Å². The largest absolute Gasteiger partial charge is 0.507 e. The standard InChI is InChI=1S/C12H16O3/c1-12(2,3)8-5-6-10(13)9(7-8)11(14)15-4/h5-7,13H,1-4H3. The highest BCUT2D eigenvalue weighted by Gasteiger charge is 2.18. The van der Waals surface area contributed by atoms with Gasteiger partial charge in [0, 0.05) is 0 Å². The maximum absolute atomic E-state index is 11.3. The number of phenolic OH excluding ortho intramolecular Hbond substituents is 1.